The van der Waals surface area contributed by atoms with Crippen LogP contribution in [-0.4, -0.2) is 58.8 Å². The van der Waals surface area contributed by atoms with Crippen molar-refractivity contribution in [2.24, 2.45) is 4.99 Å². The molecule has 1 fully saturated rings. The van der Waals surface area contributed by atoms with Gasteiger partial charge in [-0.05, 0) is 43.9 Å². The summed E-state index contributed by atoms with van der Waals surface area (Å²) < 4.78 is 34.5. The lowest BCUT2D eigenvalue weighted by Gasteiger charge is -2.15. The molecule has 0 radical (unpaired) electrons. The van der Waals surface area contributed by atoms with Crippen molar-refractivity contribution in [3.8, 4) is 5.75 Å². The Morgan fingerprint density at radius 3 is 2.67 bits per heavy atom. The molecule has 1 unspecified atom stereocenters. The van der Waals surface area contributed by atoms with Gasteiger partial charge in [0.25, 0.3) is 0 Å². The first kappa shape index (κ1) is 21.5. The average Bonchev–Trinajstić information content (AvgIpc) is 3.01. The van der Waals surface area contributed by atoms with E-state index in [1.165, 1.54) is 0 Å². The molecule has 152 valence electrons. The molecular formula is C19H31N3O4S. The van der Waals surface area contributed by atoms with E-state index in [9.17, 15) is 8.42 Å². The number of ether oxygens (including phenoxy) is 2. The standard InChI is InChI=1S/C19H31N3O4S/c1-3-26-12-5-11-20-19(22-15-18-6-4-13-27(18,23)24)21-14-16-7-9-17(25-2)10-8-16/h7-10,18H,3-6,11-15H2,1-2H3,(H2,20,21,22). The molecule has 0 amide bonds. The van der Waals surface area contributed by atoms with Gasteiger partial charge in [-0.2, -0.15) is 0 Å². The second-order valence-electron chi connectivity index (χ2n) is 6.50. The fraction of sp³-hybridized carbons (Fsp3) is 0.632. The van der Waals surface area contributed by atoms with Crippen LogP contribution in [0.5, 0.6) is 5.75 Å². The van der Waals surface area contributed by atoms with Crippen LogP contribution in [0.2, 0.25) is 0 Å². The van der Waals surface area contributed by atoms with Gasteiger partial charge in [0.05, 0.1) is 24.7 Å². The molecule has 1 aromatic carbocycles. The Balaban J connectivity index is 1.92. The Bertz CT molecular complexity index is 689. The lowest BCUT2D eigenvalue weighted by atomic mass is 10.2. The second kappa shape index (κ2) is 11.1. The molecule has 0 bridgehead atoms. The molecule has 7 nitrogen and oxygen atoms in total. The van der Waals surface area contributed by atoms with Gasteiger partial charge in [-0.1, -0.05) is 12.1 Å². The van der Waals surface area contributed by atoms with Gasteiger partial charge in [0.1, 0.15) is 5.75 Å². The Labute approximate surface area is 162 Å². The number of rotatable bonds is 10. The van der Waals surface area contributed by atoms with Crippen LogP contribution >= 0.6 is 0 Å². The molecule has 1 atom stereocenters. The van der Waals surface area contributed by atoms with E-state index in [-0.39, 0.29) is 5.25 Å². The van der Waals surface area contributed by atoms with E-state index in [2.05, 4.69) is 15.6 Å². The number of methoxy groups -OCH3 is 1. The second-order valence-corrected chi connectivity index (χ2v) is 8.90. The van der Waals surface area contributed by atoms with E-state index in [1.807, 2.05) is 31.2 Å². The number of hydrogen-bond donors (Lipinski definition) is 2. The molecule has 0 aliphatic carbocycles. The SMILES string of the molecule is CCOCCCNC(=NCc1ccc(OC)cc1)NCC1CCCS1(=O)=O. The highest BCUT2D eigenvalue weighted by Crippen LogP contribution is 2.19. The summed E-state index contributed by atoms with van der Waals surface area (Å²) in [6.07, 6.45) is 2.32. The van der Waals surface area contributed by atoms with Gasteiger partial charge in [0.2, 0.25) is 0 Å². The summed E-state index contributed by atoms with van der Waals surface area (Å²) in [7, 11) is -1.33. The molecule has 0 spiro atoms. The highest BCUT2D eigenvalue weighted by molar-refractivity contribution is 7.92. The van der Waals surface area contributed by atoms with Crippen molar-refractivity contribution in [3.05, 3.63) is 29.8 Å². The summed E-state index contributed by atoms with van der Waals surface area (Å²) in [4.78, 5) is 4.59. The van der Waals surface area contributed by atoms with Gasteiger partial charge in [0, 0.05) is 26.3 Å². The average molecular weight is 398 g/mol. The maximum absolute atomic E-state index is 12.0. The van der Waals surface area contributed by atoms with Crippen molar-refractivity contribution >= 4 is 15.8 Å². The summed E-state index contributed by atoms with van der Waals surface area (Å²) in [5, 5.41) is 6.13. The molecule has 1 heterocycles. The smallest absolute Gasteiger partial charge is 0.191 e. The zero-order chi connectivity index (χ0) is 19.5. The minimum atomic E-state index is -2.97. The van der Waals surface area contributed by atoms with Crippen molar-refractivity contribution in [1.29, 1.82) is 0 Å². The maximum Gasteiger partial charge on any atom is 0.191 e. The third-order valence-corrected chi connectivity index (χ3v) is 6.78. The van der Waals surface area contributed by atoms with Gasteiger partial charge in [-0.15, -0.1) is 0 Å². The van der Waals surface area contributed by atoms with Gasteiger partial charge in [-0.3, -0.25) is 0 Å². The minimum Gasteiger partial charge on any atom is -0.497 e. The number of benzene rings is 1. The van der Waals surface area contributed by atoms with Crippen molar-refractivity contribution in [3.63, 3.8) is 0 Å². The number of nitrogens with zero attached hydrogens (tertiary/aromatic N) is 1. The van der Waals surface area contributed by atoms with Crippen LogP contribution in [-0.2, 0) is 21.1 Å². The van der Waals surface area contributed by atoms with Crippen molar-refractivity contribution in [2.75, 3.05) is 39.2 Å². The Hall–Kier alpha value is -1.80. The largest absolute Gasteiger partial charge is 0.497 e. The van der Waals surface area contributed by atoms with Crippen LogP contribution < -0.4 is 15.4 Å². The molecule has 0 saturated carbocycles. The summed E-state index contributed by atoms with van der Waals surface area (Å²) in [6, 6.07) is 7.74. The molecule has 1 aliphatic rings. The first-order chi connectivity index (χ1) is 13.0. The quantitative estimate of drug-likeness (QED) is 0.355. The van der Waals surface area contributed by atoms with E-state index in [0.717, 1.165) is 24.2 Å². The van der Waals surface area contributed by atoms with Gasteiger partial charge < -0.3 is 20.1 Å². The van der Waals surface area contributed by atoms with E-state index in [1.54, 1.807) is 7.11 Å². The van der Waals surface area contributed by atoms with Gasteiger partial charge >= 0.3 is 0 Å². The zero-order valence-corrected chi connectivity index (χ0v) is 17.1. The van der Waals surface area contributed by atoms with Crippen molar-refractivity contribution in [1.82, 2.24) is 10.6 Å². The van der Waals surface area contributed by atoms with Crippen LogP contribution in [0.1, 0.15) is 31.7 Å². The Kier molecular flexibility index (Phi) is 8.87. The Morgan fingerprint density at radius 1 is 1.26 bits per heavy atom. The fourth-order valence-electron chi connectivity index (χ4n) is 2.90. The number of sulfone groups is 1. The third-order valence-electron chi connectivity index (χ3n) is 4.50. The predicted octanol–water partition coefficient (Wildman–Crippen LogP) is 1.73. The molecule has 2 rings (SSSR count). The zero-order valence-electron chi connectivity index (χ0n) is 16.2. The summed E-state index contributed by atoms with van der Waals surface area (Å²) in [5.74, 6) is 1.73. The third kappa shape index (κ3) is 7.38. The van der Waals surface area contributed by atoms with Gasteiger partial charge in [0.15, 0.2) is 15.8 Å². The predicted molar refractivity (Wildman–Crippen MR) is 108 cm³/mol. The van der Waals surface area contributed by atoms with E-state index < -0.39 is 9.84 Å². The molecule has 1 saturated heterocycles. The monoisotopic (exact) mass is 397 g/mol. The minimum absolute atomic E-state index is 0.291. The molecule has 27 heavy (non-hydrogen) atoms. The molecule has 1 aromatic rings. The lowest BCUT2D eigenvalue weighted by Crippen LogP contribution is -2.42. The van der Waals surface area contributed by atoms with E-state index >= 15 is 0 Å². The summed E-state index contributed by atoms with van der Waals surface area (Å²) >= 11 is 0. The van der Waals surface area contributed by atoms with Crippen LogP contribution in [0.25, 0.3) is 0 Å². The number of guanidine groups is 1. The first-order valence-electron chi connectivity index (χ1n) is 9.49. The number of hydrogen-bond acceptors (Lipinski definition) is 5. The van der Waals surface area contributed by atoms with Crippen LogP contribution in [0, 0.1) is 0 Å². The highest BCUT2D eigenvalue weighted by atomic mass is 32.2. The lowest BCUT2D eigenvalue weighted by molar-refractivity contribution is 0.145. The summed E-state index contributed by atoms with van der Waals surface area (Å²) in [5.41, 5.74) is 1.06. The first-order valence-corrected chi connectivity index (χ1v) is 11.2. The normalized spacial score (nSPS) is 19.0. The molecular weight excluding hydrogens is 366 g/mol. The van der Waals surface area contributed by atoms with Crippen LogP contribution in [0.15, 0.2) is 29.3 Å². The topological polar surface area (TPSA) is 89.0 Å². The molecule has 8 heteroatoms. The highest BCUT2D eigenvalue weighted by Gasteiger charge is 2.31. The van der Waals surface area contributed by atoms with Gasteiger partial charge in [-0.25, -0.2) is 13.4 Å². The molecule has 1 aliphatic heterocycles. The molecule has 0 aromatic heterocycles. The van der Waals surface area contributed by atoms with Crippen LogP contribution in [0.4, 0.5) is 0 Å². The number of aliphatic imine (C=N–C) groups is 1. The Morgan fingerprint density at radius 2 is 2.04 bits per heavy atom. The van der Waals surface area contributed by atoms with Crippen molar-refractivity contribution < 1.29 is 17.9 Å². The number of nitrogens with one attached hydrogen (secondary N) is 2. The van der Waals surface area contributed by atoms with Crippen molar-refractivity contribution in [2.45, 2.75) is 38.0 Å². The van der Waals surface area contributed by atoms with Crippen LogP contribution in [0.3, 0.4) is 0 Å². The molecule has 2 N–H and O–H groups in total. The maximum atomic E-state index is 12.0. The summed E-state index contributed by atoms with van der Waals surface area (Å²) in [6.45, 7) is 4.97. The fourth-order valence-corrected chi connectivity index (χ4v) is 4.66. The van der Waals surface area contributed by atoms with E-state index in [4.69, 9.17) is 9.47 Å². The van der Waals surface area contributed by atoms with E-state index in [0.29, 0.717) is 51.0 Å².